The molecule has 0 aliphatic carbocycles. The number of nitrogens with one attached hydrogen (secondary N) is 2. The Balaban J connectivity index is 1.81. The van der Waals surface area contributed by atoms with Crippen molar-refractivity contribution in [3.63, 3.8) is 0 Å². The summed E-state index contributed by atoms with van der Waals surface area (Å²) in [5.74, 6) is 0.647. The van der Waals surface area contributed by atoms with Gasteiger partial charge in [-0.2, -0.15) is 9.61 Å². The van der Waals surface area contributed by atoms with E-state index >= 15 is 0 Å². The Kier molecular flexibility index (Phi) is 2.75. The number of nitrogens with zero attached hydrogens (tertiary/aromatic N) is 3. The van der Waals surface area contributed by atoms with Gasteiger partial charge in [0.05, 0.1) is 12.1 Å². The van der Waals surface area contributed by atoms with Crippen LogP contribution in [0.4, 0.5) is 5.82 Å². The molecule has 3 heterocycles. The number of aromatic nitrogens is 4. The topological polar surface area (TPSA) is 84.3 Å². The molecule has 1 saturated heterocycles. The molecule has 0 aromatic carbocycles. The van der Waals surface area contributed by atoms with Gasteiger partial charge in [0, 0.05) is 6.61 Å². The molecule has 7 nitrogen and oxygen atoms in total. The van der Waals surface area contributed by atoms with Crippen molar-refractivity contribution in [1.82, 2.24) is 19.8 Å². The molecule has 2 atom stereocenters. The van der Waals surface area contributed by atoms with Crippen molar-refractivity contribution in [1.29, 1.82) is 0 Å². The average molecular weight is 249 g/mol. The SMILES string of the molecule is CC(Nc1ccc2n[nH]c(=O)n2n1)C1CCCO1. The van der Waals surface area contributed by atoms with E-state index in [2.05, 4.69) is 27.5 Å². The van der Waals surface area contributed by atoms with Gasteiger partial charge in [-0.3, -0.25) is 0 Å². The van der Waals surface area contributed by atoms with E-state index in [1.165, 1.54) is 4.52 Å². The number of hydrogen-bond acceptors (Lipinski definition) is 5. The summed E-state index contributed by atoms with van der Waals surface area (Å²) in [6.45, 7) is 2.88. The number of H-pyrrole nitrogens is 1. The van der Waals surface area contributed by atoms with Gasteiger partial charge in [-0.25, -0.2) is 9.89 Å². The van der Waals surface area contributed by atoms with Crippen molar-refractivity contribution in [3.8, 4) is 0 Å². The lowest BCUT2D eigenvalue weighted by Crippen LogP contribution is -2.30. The van der Waals surface area contributed by atoms with E-state index in [4.69, 9.17) is 4.74 Å². The van der Waals surface area contributed by atoms with Crippen molar-refractivity contribution in [2.24, 2.45) is 0 Å². The zero-order chi connectivity index (χ0) is 12.5. The Labute approximate surface area is 103 Å². The minimum Gasteiger partial charge on any atom is -0.376 e. The van der Waals surface area contributed by atoms with Gasteiger partial charge in [0.15, 0.2) is 5.65 Å². The standard InChI is InChI=1S/C11H15N5O2/c1-7(8-3-2-6-18-8)12-9-4-5-10-13-14-11(17)16(10)15-9/h4-5,7-8H,2-3,6H2,1H3,(H,12,15)(H,14,17). The molecule has 0 bridgehead atoms. The van der Waals surface area contributed by atoms with Crippen LogP contribution in [0.2, 0.25) is 0 Å². The van der Waals surface area contributed by atoms with Gasteiger partial charge < -0.3 is 10.1 Å². The van der Waals surface area contributed by atoms with E-state index in [-0.39, 0.29) is 17.8 Å². The Hall–Kier alpha value is -1.89. The monoisotopic (exact) mass is 249 g/mol. The van der Waals surface area contributed by atoms with Crippen LogP contribution < -0.4 is 11.0 Å². The van der Waals surface area contributed by atoms with Gasteiger partial charge in [0.25, 0.3) is 0 Å². The fourth-order valence-electron chi connectivity index (χ4n) is 2.20. The Morgan fingerprint density at radius 2 is 2.50 bits per heavy atom. The Morgan fingerprint density at radius 1 is 1.61 bits per heavy atom. The number of anilines is 1. The smallest absolute Gasteiger partial charge is 0.364 e. The minimum atomic E-state index is -0.335. The summed E-state index contributed by atoms with van der Waals surface area (Å²) in [6.07, 6.45) is 2.37. The lowest BCUT2D eigenvalue weighted by atomic mass is 10.1. The summed E-state index contributed by atoms with van der Waals surface area (Å²) in [6, 6.07) is 3.72. The van der Waals surface area contributed by atoms with Gasteiger partial charge >= 0.3 is 5.69 Å². The van der Waals surface area contributed by atoms with Crippen LogP contribution in [0, 0.1) is 0 Å². The molecular formula is C11H15N5O2. The van der Waals surface area contributed by atoms with Crippen LogP contribution >= 0.6 is 0 Å². The quantitative estimate of drug-likeness (QED) is 0.822. The van der Waals surface area contributed by atoms with Crippen LogP contribution in [0.1, 0.15) is 19.8 Å². The average Bonchev–Trinajstić information content (AvgIpc) is 3.00. The van der Waals surface area contributed by atoms with Crippen LogP contribution in [0.25, 0.3) is 5.65 Å². The Morgan fingerprint density at radius 3 is 3.28 bits per heavy atom. The van der Waals surface area contributed by atoms with Gasteiger partial charge in [0.2, 0.25) is 0 Å². The molecule has 2 aromatic heterocycles. The normalized spacial score (nSPS) is 21.3. The van der Waals surface area contributed by atoms with E-state index in [0.29, 0.717) is 11.5 Å². The maximum atomic E-state index is 11.4. The van der Waals surface area contributed by atoms with E-state index in [9.17, 15) is 4.79 Å². The molecule has 18 heavy (non-hydrogen) atoms. The molecule has 96 valence electrons. The van der Waals surface area contributed by atoms with E-state index in [0.717, 1.165) is 19.4 Å². The highest BCUT2D eigenvalue weighted by molar-refractivity contribution is 5.43. The van der Waals surface area contributed by atoms with Crippen LogP contribution in [0.15, 0.2) is 16.9 Å². The summed E-state index contributed by atoms with van der Waals surface area (Å²) in [7, 11) is 0. The lowest BCUT2D eigenvalue weighted by Gasteiger charge is -2.20. The fraction of sp³-hybridized carbons (Fsp3) is 0.545. The zero-order valence-electron chi connectivity index (χ0n) is 10.1. The first kappa shape index (κ1) is 11.2. The molecule has 7 heteroatoms. The van der Waals surface area contributed by atoms with Gasteiger partial charge in [-0.15, -0.1) is 5.10 Å². The maximum absolute atomic E-state index is 11.4. The number of fused-ring (bicyclic) bond motifs is 1. The van der Waals surface area contributed by atoms with Crippen molar-refractivity contribution in [3.05, 3.63) is 22.6 Å². The van der Waals surface area contributed by atoms with E-state index < -0.39 is 0 Å². The third-order valence-electron chi connectivity index (χ3n) is 3.17. The Bertz CT molecular complexity index is 599. The van der Waals surface area contributed by atoms with Crippen LogP contribution in [-0.4, -0.2) is 38.6 Å². The van der Waals surface area contributed by atoms with Gasteiger partial charge in [-0.05, 0) is 31.9 Å². The molecule has 1 fully saturated rings. The predicted octanol–water partition coefficient (Wildman–Crippen LogP) is 0.397. The third-order valence-corrected chi connectivity index (χ3v) is 3.17. The van der Waals surface area contributed by atoms with Crippen molar-refractivity contribution in [2.75, 3.05) is 11.9 Å². The molecule has 0 amide bonds. The second-order valence-corrected chi connectivity index (χ2v) is 4.50. The molecular weight excluding hydrogens is 234 g/mol. The second kappa shape index (κ2) is 4.41. The van der Waals surface area contributed by atoms with Crippen molar-refractivity contribution in [2.45, 2.75) is 31.9 Å². The summed E-state index contributed by atoms with van der Waals surface area (Å²) in [4.78, 5) is 11.4. The van der Waals surface area contributed by atoms with Gasteiger partial charge in [0.1, 0.15) is 5.82 Å². The number of aromatic amines is 1. The van der Waals surface area contributed by atoms with Crippen LogP contribution in [-0.2, 0) is 4.74 Å². The number of hydrogen-bond donors (Lipinski definition) is 2. The summed E-state index contributed by atoms with van der Waals surface area (Å²) in [5.41, 5.74) is 0.175. The third kappa shape index (κ3) is 1.97. The molecule has 1 aliphatic heterocycles. The van der Waals surface area contributed by atoms with Gasteiger partial charge in [-0.1, -0.05) is 0 Å². The first-order chi connectivity index (χ1) is 8.74. The number of rotatable bonds is 3. The van der Waals surface area contributed by atoms with E-state index in [1.807, 2.05) is 0 Å². The lowest BCUT2D eigenvalue weighted by molar-refractivity contribution is 0.0995. The molecule has 0 spiro atoms. The highest BCUT2D eigenvalue weighted by atomic mass is 16.5. The molecule has 0 radical (unpaired) electrons. The molecule has 0 saturated carbocycles. The molecule has 2 unspecified atom stereocenters. The number of ether oxygens (including phenoxy) is 1. The highest BCUT2D eigenvalue weighted by Gasteiger charge is 2.22. The highest BCUT2D eigenvalue weighted by Crippen LogP contribution is 2.18. The largest absolute Gasteiger partial charge is 0.376 e. The summed E-state index contributed by atoms with van der Waals surface area (Å²) in [5, 5.41) is 13.6. The minimum absolute atomic E-state index is 0.167. The molecule has 1 aliphatic rings. The molecule has 2 aromatic rings. The summed E-state index contributed by atoms with van der Waals surface area (Å²) >= 11 is 0. The van der Waals surface area contributed by atoms with E-state index in [1.54, 1.807) is 12.1 Å². The van der Waals surface area contributed by atoms with Crippen LogP contribution in [0.3, 0.4) is 0 Å². The van der Waals surface area contributed by atoms with Crippen molar-refractivity contribution >= 4 is 11.5 Å². The first-order valence-electron chi connectivity index (χ1n) is 6.06. The maximum Gasteiger partial charge on any atom is 0.364 e. The zero-order valence-corrected chi connectivity index (χ0v) is 10.1. The fourth-order valence-corrected chi connectivity index (χ4v) is 2.20. The summed E-state index contributed by atoms with van der Waals surface area (Å²) < 4.78 is 6.85. The van der Waals surface area contributed by atoms with Crippen molar-refractivity contribution < 1.29 is 4.74 Å². The van der Waals surface area contributed by atoms with Crippen LogP contribution in [0.5, 0.6) is 0 Å². The first-order valence-corrected chi connectivity index (χ1v) is 6.06. The molecule has 2 N–H and O–H groups in total. The molecule has 3 rings (SSSR count). The predicted molar refractivity (Wildman–Crippen MR) is 65.7 cm³/mol. The second-order valence-electron chi connectivity index (χ2n) is 4.50.